The van der Waals surface area contributed by atoms with Gasteiger partial charge in [0.15, 0.2) is 0 Å². The Morgan fingerprint density at radius 1 is 1.22 bits per heavy atom. The lowest BCUT2D eigenvalue weighted by molar-refractivity contribution is 0.102. The topological polar surface area (TPSA) is 92.7 Å². The molecule has 0 saturated heterocycles. The second-order valence-electron chi connectivity index (χ2n) is 7.40. The molecule has 0 unspecified atom stereocenters. The Bertz CT molecular complexity index is 1380. The fourth-order valence-electron chi connectivity index (χ4n) is 3.72. The van der Waals surface area contributed by atoms with Crippen LogP contribution in [-0.2, 0) is 12.8 Å². The highest BCUT2D eigenvalue weighted by atomic mass is 79.9. The first-order chi connectivity index (χ1) is 15.5. The van der Waals surface area contributed by atoms with E-state index in [0.29, 0.717) is 22.1 Å². The molecule has 162 valence electrons. The van der Waals surface area contributed by atoms with E-state index in [-0.39, 0.29) is 11.5 Å². The minimum atomic E-state index is -0.393. The van der Waals surface area contributed by atoms with Crippen molar-refractivity contribution in [3.63, 3.8) is 0 Å². The summed E-state index contributed by atoms with van der Waals surface area (Å²) in [5.74, 6) is 0.262. The molecule has 4 aromatic rings. The summed E-state index contributed by atoms with van der Waals surface area (Å²) in [4.78, 5) is 34.1. The lowest BCUT2D eigenvalue weighted by Crippen LogP contribution is -2.24. The van der Waals surface area contributed by atoms with Crippen molar-refractivity contribution in [2.75, 3.05) is 5.32 Å². The maximum Gasteiger partial charge on any atom is 0.258 e. The molecule has 3 heterocycles. The van der Waals surface area contributed by atoms with Crippen molar-refractivity contribution in [3.8, 4) is 16.5 Å². The van der Waals surface area contributed by atoms with E-state index in [1.54, 1.807) is 24.3 Å². The first-order valence-corrected chi connectivity index (χ1v) is 12.1. The fourth-order valence-corrected chi connectivity index (χ4v) is 4.97. The number of amides is 1. The molecule has 1 aliphatic rings. The van der Waals surface area contributed by atoms with E-state index in [0.717, 1.165) is 46.3 Å². The van der Waals surface area contributed by atoms with Crippen LogP contribution < -0.4 is 10.9 Å². The molecule has 1 amide bonds. The Kier molecular flexibility index (Phi) is 5.71. The van der Waals surface area contributed by atoms with Gasteiger partial charge in [-0.25, -0.2) is 4.98 Å². The Morgan fingerprint density at radius 2 is 2.06 bits per heavy atom. The molecule has 3 aromatic heterocycles. The van der Waals surface area contributed by atoms with E-state index in [2.05, 4.69) is 36.3 Å². The van der Waals surface area contributed by atoms with E-state index < -0.39 is 5.91 Å². The van der Waals surface area contributed by atoms with Crippen LogP contribution in [0.5, 0.6) is 0 Å². The first kappa shape index (κ1) is 21.1. The van der Waals surface area contributed by atoms with E-state index in [1.165, 1.54) is 16.0 Å². The normalized spacial score (nSPS) is 13.1. The Labute approximate surface area is 200 Å². The van der Waals surface area contributed by atoms with Crippen LogP contribution in [-0.4, -0.2) is 25.7 Å². The molecule has 2 N–H and O–H groups in total. The number of halogens is 2. The van der Waals surface area contributed by atoms with Gasteiger partial charge in [-0.15, -0.1) is 11.3 Å². The van der Waals surface area contributed by atoms with E-state index in [1.807, 2.05) is 17.5 Å². The summed E-state index contributed by atoms with van der Waals surface area (Å²) in [5.41, 5.74) is 2.34. The molecule has 1 aliphatic carbocycles. The Balaban J connectivity index is 1.60. The van der Waals surface area contributed by atoms with Crippen molar-refractivity contribution in [2.24, 2.45) is 0 Å². The number of rotatable bonds is 4. The number of hydrogen-bond donors (Lipinski definition) is 2. The zero-order chi connectivity index (χ0) is 22.2. The van der Waals surface area contributed by atoms with Crippen LogP contribution in [0.4, 0.5) is 5.82 Å². The van der Waals surface area contributed by atoms with Gasteiger partial charge in [-0.2, -0.15) is 9.78 Å². The predicted molar refractivity (Wildman–Crippen MR) is 129 cm³/mol. The molecule has 0 fully saturated rings. The van der Waals surface area contributed by atoms with Gasteiger partial charge in [0.1, 0.15) is 11.5 Å². The van der Waals surface area contributed by atoms with Crippen LogP contribution in [0.25, 0.3) is 16.5 Å². The van der Waals surface area contributed by atoms with Gasteiger partial charge in [0.25, 0.3) is 11.5 Å². The van der Waals surface area contributed by atoms with Crippen molar-refractivity contribution in [1.82, 2.24) is 19.7 Å². The van der Waals surface area contributed by atoms with E-state index in [9.17, 15) is 9.59 Å². The van der Waals surface area contributed by atoms with Crippen LogP contribution in [0.1, 0.15) is 34.5 Å². The maximum atomic E-state index is 13.0. The van der Waals surface area contributed by atoms with Crippen LogP contribution in [0.2, 0.25) is 5.02 Å². The third-order valence-electron chi connectivity index (χ3n) is 5.28. The number of aromatic amines is 1. The van der Waals surface area contributed by atoms with Crippen molar-refractivity contribution in [1.29, 1.82) is 0 Å². The van der Waals surface area contributed by atoms with Crippen LogP contribution in [0.15, 0.2) is 51.0 Å². The number of aromatic nitrogens is 4. The molecule has 0 saturated carbocycles. The van der Waals surface area contributed by atoms with Gasteiger partial charge in [0, 0.05) is 16.1 Å². The van der Waals surface area contributed by atoms with Crippen LogP contribution in [0, 0.1) is 0 Å². The van der Waals surface area contributed by atoms with Gasteiger partial charge in [0.05, 0.1) is 21.2 Å². The number of hydrogen-bond acceptors (Lipinski definition) is 5. The highest BCUT2D eigenvalue weighted by molar-refractivity contribution is 9.10. The zero-order valence-corrected chi connectivity index (χ0v) is 19.9. The molecule has 5 rings (SSSR count). The number of H-pyrrole nitrogens is 1. The number of thiophene rings is 1. The summed E-state index contributed by atoms with van der Waals surface area (Å²) in [6.45, 7) is 0. The minimum Gasteiger partial charge on any atom is -0.306 e. The molecule has 1 aromatic carbocycles. The highest BCUT2D eigenvalue weighted by Gasteiger charge is 2.21. The molecule has 32 heavy (non-hydrogen) atoms. The summed E-state index contributed by atoms with van der Waals surface area (Å²) in [6.07, 6.45) is 3.45. The zero-order valence-electron chi connectivity index (χ0n) is 16.7. The molecular formula is C22H17BrClN5O2S. The first-order valence-electron chi connectivity index (χ1n) is 10.0. The van der Waals surface area contributed by atoms with Crippen LogP contribution >= 0.6 is 38.9 Å². The largest absolute Gasteiger partial charge is 0.306 e. The molecule has 7 nitrogen and oxygen atoms in total. The monoisotopic (exact) mass is 529 g/mol. The van der Waals surface area contributed by atoms with Gasteiger partial charge in [-0.1, -0.05) is 33.6 Å². The lowest BCUT2D eigenvalue weighted by atomic mass is 9.97. The standard InChI is InChI=1S/C22H17BrClN5O2S/c23-12-7-8-15(24)14(10-12)21(31)26-19-11-17(18-6-3-9-32-18)28-29(19)22-25-16-5-2-1-4-13(16)20(30)27-22/h3,6-11H,1-2,4-5H2,(H,26,31)(H,25,27,30). The van der Waals surface area contributed by atoms with Gasteiger partial charge in [-0.3, -0.25) is 14.6 Å². The summed E-state index contributed by atoms with van der Waals surface area (Å²) >= 11 is 11.1. The predicted octanol–water partition coefficient (Wildman–Crippen LogP) is 5.23. The minimum absolute atomic E-state index is 0.162. The number of nitrogens with zero attached hydrogens (tertiary/aromatic N) is 3. The number of benzene rings is 1. The van der Waals surface area contributed by atoms with Crippen molar-refractivity contribution >= 4 is 50.6 Å². The molecule has 0 spiro atoms. The number of anilines is 1. The van der Waals surface area contributed by atoms with E-state index in [4.69, 9.17) is 11.6 Å². The van der Waals surface area contributed by atoms with Gasteiger partial charge in [-0.05, 0) is 55.3 Å². The summed E-state index contributed by atoms with van der Waals surface area (Å²) < 4.78 is 2.20. The third kappa shape index (κ3) is 4.03. The van der Waals surface area contributed by atoms with Crippen molar-refractivity contribution < 1.29 is 4.79 Å². The van der Waals surface area contributed by atoms with Crippen molar-refractivity contribution in [2.45, 2.75) is 25.7 Å². The Morgan fingerprint density at radius 3 is 2.88 bits per heavy atom. The molecule has 10 heteroatoms. The molecular weight excluding hydrogens is 514 g/mol. The Hall–Kier alpha value is -2.75. The molecule has 0 atom stereocenters. The number of carbonyl (C=O) groups excluding carboxylic acids is 1. The van der Waals surface area contributed by atoms with Gasteiger partial charge < -0.3 is 5.32 Å². The van der Waals surface area contributed by atoms with Crippen LogP contribution in [0.3, 0.4) is 0 Å². The van der Waals surface area contributed by atoms with Crippen molar-refractivity contribution in [3.05, 3.63) is 78.4 Å². The lowest BCUT2D eigenvalue weighted by Gasteiger charge is -2.15. The third-order valence-corrected chi connectivity index (χ3v) is 6.99. The number of carbonyl (C=O) groups is 1. The quantitative estimate of drug-likeness (QED) is 0.378. The average molecular weight is 531 g/mol. The second kappa shape index (κ2) is 8.65. The van der Waals surface area contributed by atoms with Gasteiger partial charge >= 0.3 is 0 Å². The SMILES string of the molecule is O=C(Nc1cc(-c2cccs2)nn1-c1nc2c(c(=O)[nH]1)CCCC2)c1cc(Br)ccc1Cl. The average Bonchev–Trinajstić information content (AvgIpc) is 3.45. The fraction of sp³-hybridized carbons (Fsp3) is 0.182. The number of nitrogens with one attached hydrogen (secondary N) is 2. The van der Waals surface area contributed by atoms with Gasteiger partial charge in [0.2, 0.25) is 5.95 Å². The summed E-state index contributed by atoms with van der Waals surface area (Å²) in [7, 11) is 0. The van der Waals surface area contributed by atoms with E-state index >= 15 is 0 Å². The molecule has 0 aliphatic heterocycles. The summed E-state index contributed by atoms with van der Waals surface area (Å²) in [5, 5.41) is 9.79. The molecule has 0 radical (unpaired) electrons. The summed E-state index contributed by atoms with van der Waals surface area (Å²) in [6, 6.07) is 10.7. The highest BCUT2D eigenvalue weighted by Crippen LogP contribution is 2.29. The maximum absolute atomic E-state index is 13.0. The number of fused-ring (bicyclic) bond motifs is 1. The smallest absolute Gasteiger partial charge is 0.258 e. The molecule has 0 bridgehead atoms. The number of aryl methyl sites for hydroxylation is 1. The second-order valence-corrected chi connectivity index (χ2v) is 9.67.